The van der Waals surface area contributed by atoms with Crippen LogP contribution in [0.2, 0.25) is 0 Å². The molecule has 140 valence electrons. The number of nitrogens with one attached hydrogen (secondary N) is 1. The third-order valence-corrected chi connectivity index (χ3v) is 4.54. The largest absolute Gasteiger partial charge is 0.472 e. The summed E-state index contributed by atoms with van der Waals surface area (Å²) in [6, 6.07) is 10.1. The van der Waals surface area contributed by atoms with E-state index in [0.717, 1.165) is 22.3 Å². The van der Waals surface area contributed by atoms with E-state index in [9.17, 15) is 4.39 Å². The monoisotopic (exact) mass is 375 g/mol. The maximum Gasteiger partial charge on any atom is 0.150 e. The highest BCUT2D eigenvalue weighted by molar-refractivity contribution is 5.76. The SMILES string of the molecule is CC(c1ccc(F)cc1)c1c(-c2ccoc2)cc(Nc2cnccn2)nc1N. The van der Waals surface area contributed by atoms with Gasteiger partial charge in [0.15, 0.2) is 0 Å². The molecule has 1 unspecified atom stereocenters. The third kappa shape index (κ3) is 3.55. The molecule has 4 rings (SSSR count). The molecule has 3 heterocycles. The molecule has 0 saturated heterocycles. The van der Waals surface area contributed by atoms with Crippen molar-refractivity contribution in [3.05, 3.63) is 84.5 Å². The first-order chi connectivity index (χ1) is 13.6. The summed E-state index contributed by atoms with van der Waals surface area (Å²) < 4.78 is 18.6. The van der Waals surface area contributed by atoms with E-state index < -0.39 is 0 Å². The van der Waals surface area contributed by atoms with Crippen molar-refractivity contribution in [2.75, 3.05) is 11.1 Å². The summed E-state index contributed by atoms with van der Waals surface area (Å²) in [5.74, 6) is 1.11. The van der Waals surface area contributed by atoms with Gasteiger partial charge < -0.3 is 15.5 Å². The number of halogens is 1. The molecule has 0 radical (unpaired) electrons. The Morgan fingerprint density at radius 2 is 1.93 bits per heavy atom. The molecule has 1 atom stereocenters. The molecule has 0 amide bonds. The third-order valence-electron chi connectivity index (χ3n) is 4.54. The van der Waals surface area contributed by atoms with E-state index in [-0.39, 0.29) is 11.7 Å². The van der Waals surface area contributed by atoms with Gasteiger partial charge in [-0.3, -0.25) is 4.98 Å². The lowest BCUT2D eigenvalue weighted by Crippen LogP contribution is -2.08. The Kier molecular flexibility index (Phi) is 4.72. The number of pyridine rings is 1. The molecule has 0 aliphatic rings. The molecular formula is C21H18FN5O. The lowest BCUT2D eigenvalue weighted by atomic mass is 9.88. The van der Waals surface area contributed by atoms with E-state index in [1.165, 1.54) is 12.1 Å². The first kappa shape index (κ1) is 17.7. The highest BCUT2D eigenvalue weighted by Crippen LogP contribution is 2.38. The summed E-state index contributed by atoms with van der Waals surface area (Å²) >= 11 is 0. The lowest BCUT2D eigenvalue weighted by Gasteiger charge is -2.20. The van der Waals surface area contributed by atoms with Gasteiger partial charge in [-0.25, -0.2) is 14.4 Å². The Bertz CT molecular complexity index is 1070. The van der Waals surface area contributed by atoms with Crippen molar-refractivity contribution in [2.45, 2.75) is 12.8 Å². The molecule has 1 aromatic carbocycles. The van der Waals surface area contributed by atoms with Gasteiger partial charge in [0, 0.05) is 29.4 Å². The fourth-order valence-corrected chi connectivity index (χ4v) is 3.16. The predicted molar refractivity (Wildman–Crippen MR) is 106 cm³/mol. The average Bonchev–Trinajstić information content (AvgIpc) is 3.23. The zero-order chi connectivity index (χ0) is 19.5. The molecular weight excluding hydrogens is 357 g/mol. The predicted octanol–water partition coefficient (Wildman–Crippen LogP) is 4.75. The number of furan rings is 1. The fourth-order valence-electron chi connectivity index (χ4n) is 3.16. The zero-order valence-electron chi connectivity index (χ0n) is 15.1. The van der Waals surface area contributed by atoms with Gasteiger partial charge in [-0.15, -0.1) is 0 Å². The lowest BCUT2D eigenvalue weighted by molar-refractivity contribution is 0.568. The van der Waals surface area contributed by atoms with E-state index in [4.69, 9.17) is 10.2 Å². The van der Waals surface area contributed by atoms with Crippen LogP contribution in [0.15, 0.2) is 71.9 Å². The minimum Gasteiger partial charge on any atom is -0.472 e. The highest BCUT2D eigenvalue weighted by atomic mass is 19.1. The number of anilines is 3. The molecule has 6 nitrogen and oxygen atoms in total. The van der Waals surface area contributed by atoms with Crippen LogP contribution in [-0.4, -0.2) is 15.0 Å². The number of nitrogens with two attached hydrogens (primary N) is 1. The number of benzene rings is 1. The van der Waals surface area contributed by atoms with Crippen molar-refractivity contribution in [3.8, 4) is 11.1 Å². The summed E-state index contributed by atoms with van der Waals surface area (Å²) in [6.45, 7) is 2.01. The molecule has 0 aliphatic carbocycles. The van der Waals surface area contributed by atoms with Crippen LogP contribution in [0.5, 0.6) is 0 Å². The quantitative estimate of drug-likeness (QED) is 0.523. The Balaban J connectivity index is 1.80. The van der Waals surface area contributed by atoms with Crippen LogP contribution >= 0.6 is 0 Å². The highest BCUT2D eigenvalue weighted by Gasteiger charge is 2.20. The number of aromatic nitrogens is 3. The maximum absolute atomic E-state index is 13.3. The first-order valence-electron chi connectivity index (χ1n) is 8.73. The second-order valence-corrected chi connectivity index (χ2v) is 6.35. The van der Waals surface area contributed by atoms with Crippen LogP contribution in [0, 0.1) is 5.82 Å². The van der Waals surface area contributed by atoms with Crippen molar-refractivity contribution in [2.24, 2.45) is 0 Å². The van der Waals surface area contributed by atoms with Crippen LogP contribution in [0.1, 0.15) is 24.0 Å². The topological polar surface area (TPSA) is 89.9 Å². The smallest absolute Gasteiger partial charge is 0.150 e. The summed E-state index contributed by atoms with van der Waals surface area (Å²) in [7, 11) is 0. The van der Waals surface area contributed by atoms with Gasteiger partial charge >= 0.3 is 0 Å². The van der Waals surface area contributed by atoms with E-state index in [2.05, 4.69) is 20.3 Å². The van der Waals surface area contributed by atoms with Gasteiger partial charge in [-0.2, -0.15) is 0 Å². The number of hydrogen-bond acceptors (Lipinski definition) is 6. The minimum absolute atomic E-state index is 0.0939. The molecule has 0 bridgehead atoms. The van der Waals surface area contributed by atoms with E-state index in [0.29, 0.717) is 17.5 Å². The fraction of sp³-hybridized carbons (Fsp3) is 0.0952. The Labute approximate surface area is 161 Å². The van der Waals surface area contributed by atoms with E-state index in [1.807, 2.05) is 19.1 Å². The number of nitrogen functional groups attached to an aromatic ring is 1. The molecule has 7 heteroatoms. The average molecular weight is 375 g/mol. The van der Waals surface area contributed by atoms with E-state index >= 15 is 0 Å². The number of hydrogen-bond donors (Lipinski definition) is 2. The van der Waals surface area contributed by atoms with Crippen LogP contribution in [0.4, 0.5) is 21.8 Å². The van der Waals surface area contributed by atoms with Crippen molar-refractivity contribution in [1.82, 2.24) is 15.0 Å². The standard InChI is InChI=1S/C21H18FN5O/c1-13(14-2-4-16(22)5-3-14)20-17(15-6-9-28-12-15)10-18(27-21(20)23)26-19-11-24-7-8-25-19/h2-13H,1H3,(H3,23,25,26,27). The summed E-state index contributed by atoms with van der Waals surface area (Å²) in [4.78, 5) is 12.7. The zero-order valence-corrected chi connectivity index (χ0v) is 15.1. The second kappa shape index (κ2) is 7.48. The minimum atomic E-state index is -0.277. The van der Waals surface area contributed by atoms with Crippen LogP contribution in [0.3, 0.4) is 0 Å². The summed E-state index contributed by atoms with van der Waals surface area (Å²) in [5.41, 5.74) is 9.90. The second-order valence-electron chi connectivity index (χ2n) is 6.35. The van der Waals surface area contributed by atoms with Crippen molar-refractivity contribution < 1.29 is 8.81 Å². The van der Waals surface area contributed by atoms with Crippen molar-refractivity contribution in [3.63, 3.8) is 0 Å². The van der Waals surface area contributed by atoms with Crippen LogP contribution in [-0.2, 0) is 0 Å². The van der Waals surface area contributed by atoms with Crippen LogP contribution in [0.25, 0.3) is 11.1 Å². The maximum atomic E-state index is 13.3. The molecule has 3 aromatic heterocycles. The summed E-state index contributed by atoms with van der Waals surface area (Å²) in [5, 5.41) is 3.12. The molecule has 0 spiro atoms. The van der Waals surface area contributed by atoms with E-state index in [1.54, 1.807) is 43.2 Å². The van der Waals surface area contributed by atoms with Gasteiger partial charge in [-0.05, 0) is 35.4 Å². The molecule has 3 N–H and O–H groups in total. The van der Waals surface area contributed by atoms with Crippen molar-refractivity contribution in [1.29, 1.82) is 0 Å². The molecule has 0 fully saturated rings. The number of nitrogens with zero attached hydrogens (tertiary/aromatic N) is 3. The van der Waals surface area contributed by atoms with Gasteiger partial charge in [0.25, 0.3) is 0 Å². The summed E-state index contributed by atoms with van der Waals surface area (Å²) in [6.07, 6.45) is 8.05. The Morgan fingerprint density at radius 1 is 1.11 bits per heavy atom. The molecule has 28 heavy (non-hydrogen) atoms. The normalized spacial score (nSPS) is 11.9. The molecule has 0 aliphatic heterocycles. The van der Waals surface area contributed by atoms with Gasteiger partial charge in [0.05, 0.1) is 18.7 Å². The Hall–Kier alpha value is -3.74. The van der Waals surface area contributed by atoms with Crippen LogP contribution < -0.4 is 11.1 Å². The first-order valence-corrected chi connectivity index (χ1v) is 8.73. The Morgan fingerprint density at radius 3 is 2.61 bits per heavy atom. The van der Waals surface area contributed by atoms with Crippen molar-refractivity contribution >= 4 is 17.5 Å². The van der Waals surface area contributed by atoms with Gasteiger partial charge in [0.2, 0.25) is 0 Å². The molecule has 4 aromatic rings. The number of rotatable bonds is 5. The molecule has 0 saturated carbocycles. The van der Waals surface area contributed by atoms with Gasteiger partial charge in [-0.1, -0.05) is 19.1 Å². The van der Waals surface area contributed by atoms with Gasteiger partial charge in [0.1, 0.15) is 23.3 Å².